The third kappa shape index (κ3) is 6.56. The van der Waals surface area contributed by atoms with Gasteiger partial charge in [0.25, 0.3) is 0 Å². The van der Waals surface area contributed by atoms with Crippen LogP contribution in [0.5, 0.6) is 28.7 Å². The maximum absolute atomic E-state index is 13.3. The van der Waals surface area contributed by atoms with Crippen LogP contribution in [0.1, 0.15) is 11.1 Å². The molecule has 198 valence electrons. The molecular weight excluding hydrogens is 519 g/mol. The minimum Gasteiger partial charge on any atom is -0.496 e. The summed E-state index contributed by atoms with van der Waals surface area (Å²) in [4.78, 5) is 11.5. The summed E-state index contributed by atoms with van der Waals surface area (Å²) in [5, 5.41) is 0.827. The van der Waals surface area contributed by atoms with Gasteiger partial charge in [-0.1, -0.05) is 6.07 Å². The number of carbonyl (C=O) groups excluding carboxylic acids is 1. The number of sulfone groups is 1. The largest absolute Gasteiger partial charge is 0.496 e. The molecule has 0 unspecified atom stereocenters. The highest BCUT2D eigenvalue weighted by Crippen LogP contribution is 2.39. The highest BCUT2D eigenvalue weighted by atomic mass is 32.2. The van der Waals surface area contributed by atoms with E-state index >= 15 is 0 Å². The van der Waals surface area contributed by atoms with Gasteiger partial charge >= 0.3 is 18.1 Å². The van der Waals surface area contributed by atoms with Crippen LogP contribution in [0.25, 0.3) is 6.08 Å². The maximum atomic E-state index is 13.3. The number of rotatable bonds is 10. The predicted molar refractivity (Wildman–Crippen MR) is 117 cm³/mol. The Balaban J connectivity index is 2.35. The van der Waals surface area contributed by atoms with Crippen LogP contribution < -0.4 is 23.7 Å². The van der Waals surface area contributed by atoms with Gasteiger partial charge in [-0.25, -0.2) is 13.2 Å². The molecule has 0 atom stereocenters. The Kier molecular flexibility index (Phi) is 8.78. The molecule has 0 radical (unpaired) electrons. The number of benzene rings is 2. The van der Waals surface area contributed by atoms with Crippen molar-refractivity contribution < 1.29 is 58.8 Å². The Bertz CT molecular complexity index is 1210. The van der Waals surface area contributed by atoms with Gasteiger partial charge in [0.15, 0.2) is 21.3 Å². The van der Waals surface area contributed by atoms with Crippen LogP contribution in [-0.4, -0.2) is 54.9 Å². The number of halogens is 5. The van der Waals surface area contributed by atoms with Gasteiger partial charge < -0.3 is 23.7 Å². The zero-order valence-electron chi connectivity index (χ0n) is 19.3. The summed E-state index contributed by atoms with van der Waals surface area (Å²) in [6, 6.07) is 6.06. The second-order valence-electron chi connectivity index (χ2n) is 7.00. The lowest BCUT2D eigenvalue weighted by atomic mass is 10.1. The van der Waals surface area contributed by atoms with Crippen LogP contribution in [0.4, 0.5) is 22.0 Å². The Morgan fingerprint density at radius 1 is 0.833 bits per heavy atom. The predicted octanol–water partition coefficient (Wildman–Crippen LogP) is 4.41. The second-order valence-corrected chi connectivity index (χ2v) is 8.89. The van der Waals surface area contributed by atoms with Gasteiger partial charge in [-0.3, -0.25) is 0 Å². The molecule has 8 nitrogen and oxygen atoms in total. The minimum atomic E-state index is -6.19. The number of alkyl halides is 5. The average molecular weight is 540 g/mol. The maximum Gasteiger partial charge on any atom is 0.465 e. The first-order chi connectivity index (χ1) is 16.7. The van der Waals surface area contributed by atoms with Gasteiger partial charge in [-0.15, -0.1) is 0 Å². The van der Waals surface area contributed by atoms with Crippen molar-refractivity contribution in [3.8, 4) is 28.7 Å². The lowest BCUT2D eigenvalue weighted by molar-refractivity contribution is -0.276. The average Bonchev–Trinajstić information content (AvgIpc) is 2.81. The molecule has 0 aliphatic carbocycles. The highest BCUT2D eigenvalue weighted by molar-refractivity contribution is 7.93. The normalized spacial score (nSPS) is 12.4. The third-order valence-corrected chi connectivity index (χ3v) is 5.89. The monoisotopic (exact) mass is 540 g/mol. The molecule has 0 amide bonds. The first-order valence-corrected chi connectivity index (χ1v) is 11.4. The van der Waals surface area contributed by atoms with E-state index in [9.17, 15) is 35.2 Å². The van der Waals surface area contributed by atoms with Crippen LogP contribution in [0.15, 0.2) is 35.7 Å². The Morgan fingerprint density at radius 2 is 1.39 bits per heavy atom. The molecule has 2 aromatic carbocycles. The number of esters is 1. The molecule has 0 heterocycles. The van der Waals surface area contributed by atoms with Crippen molar-refractivity contribution >= 4 is 21.9 Å². The van der Waals surface area contributed by atoms with E-state index in [1.54, 1.807) is 0 Å². The van der Waals surface area contributed by atoms with Crippen LogP contribution in [-0.2, 0) is 20.4 Å². The summed E-state index contributed by atoms with van der Waals surface area (Å²) in [7, 11) is 1.11. The first-order valence-electron chi connectivity index (χ1n) is 9.73. The van der Waals surface area contributed by atoms with E-state index in [0.717, 1.165) is 24.7 Å². The Morgan fingerprint density at radius 3 is 1.86 bits per heavy atom. The molecule has 0 fully saturated rings. The number of hydrogen-bond donors (Lipinski definition) is 0. The van der Waals surface area contributed by atoms with E-state index in [4.69, 9.17) is 18.9 Å². The van der Waals surface area contributed by atoms with E-state index < -0.39 is 39.4 Å². The molecule has 0 saturated carbocycles. The van der Waals surface area contributed by atoms with Crippen LogP contribution in [0, 0.1) is 0 Å². The molecule has 0 N–H and O–H groups in total. The van der Waals surface area contributed by atoms with Crippen molar-refractivity contribution in [2.24, 2.45) is 0 Å². The standard InChI is InChI=1S/C22H21F5O8S/c1-31-14-10-17(33-3)15(18(11-14)34-4)7-8-36(29,30)12-13-5-6-16(32-2)19(9-13)35-20(28)21(23,24)22(25,26)27/h5-11H,12H2,1-4H3/b8-7+. The molecule has 2 aromatic rings. The molecule has 0 saturated heterocycles. The van der Waals surface area contributed by atoms with Crippen LogP contribution in [0.2, 0.25) is 0 Å². The number of methoxy groups -OCH3 is 4. The minimum absolute atomic E-state index is 0.0905. The molecule has 0 aromatic heterocycles. The summed E-state index contributed by atoms with van der Waals surface area (Å²) < 4.78 is 114. The van der Waals surface area contributed by atoms with E-state index in [2.05, 4.69) is 4.74 Å². The smallest absolute Gasteiger partial charge is 0.465 e. The summed E-state index contributed by atoms with van der Waals surface area (Å²) in [5.74, 6) is -9.74. The number of carbonyl (C=O) groups is 1. The van der Waals surface area contributed by atoms with Gasteiger partial charge in [0, 0.05) is 17.5 Å². The van der Waals surface area contributed by atoms with E-state index in [1.165, 1.54) is 45.6 Å². The first kappa shape index (κ1) is 28.7. The quantitative estimate of drug-likeness (QED) is 0.249. The summed E-state index contributed by atoms with van der Waals surface area (Å²) in [5.41, 5.74) is 0.176. The summed E-state index contributed by atoms with van der Waals surface area (Å²) >= 11 is 0. The molecule has 36 heavy (non-hydrogen) atoms. The summed E-state index contributed by atoms with van der Waals surface area (Å²) in [6.45, 7) is 0. The topological polar surface area (TPSA) is 97.4 Å². The Labute approximate surface area is 203 Å². The van der Waals surface area contributed by atoms with Gasteiger partial charge in [-0.05, 0) is 23.8 Å². The number of ether oxygens (including phenoxy) is 5. The molecular formula is C22H21F5O8S. The molecule has 0 bridgehead atoms. The molecule has 0 aliphatic heterocycles. The van der Waals surface area contributed by atoms with Gasteiger partial charge in [0.1, 0.15) is 17.2 Å². The van der Waals surface area contributed by atoms with Gasteiger partial charge in [-0.2, -0.15) is 22.0 Å². The molecule has 0 aliphatic rings. The molecule has 0 spiro atoms. The van der Waals surface area contributed by atoms with Gasteiger partial charge in [0.2, 0.25) is 0 Å². The fourth-order valence-electron chi connectivity index (χ4n) is 2.82. The highest BCUT2D eigenvalue weighted by Gasteiger charge is 2.65. The second kappa shape index (κ2) is 11.0. The van der Waals surface area contributed by atoms with Crippen molar-refractivity contribution in [3.05, 3.63) is 46.9 Å². The molecule has 14 heteroatoms. The van der Waals surface area contributed by atoms with E-state index in [0.29, 0.717) is 5.75 Å². The van der Waals surface area contributed by atoms with Crippen molar-refractivity contribution in [1.29, 1.82) is 0 Å². The Hall–Kier alpha value is -3.55. The van der Waals surface area contributed by atoms with Crippen molar-refractivity contribution in [2.75, 3.05) is 28.4 Å². The summed E-state index contributed by atoms with van der Waals surface area (Å²) in [6.07, 6.45) is -4.99. The van der Waals surface area contributed by atoms with Crippen LogP contribution >= 0.6 is 0 Å². The zero-order chi connectivity index (χ0) is 27.3. The lowest BCUT2D eigenvalue weighted by Crippen LogP contribution is -2.46. The fraction of sp³-hybridized carbons (Fsp3) is 0.318. The van der Waals surface area contributed by atoms with Crippen molar-refractivity contribution in [3.63, 3.8) is 0 Å². The van der Waals surface area contributed by atoms with E-state index in [1.807, 2.05) is 0 Å². The third-order valence-electron chi connectivity index (χ3n) is 4.61. The van der Waals surface area contributed by atoms with Crippen molar-refractivity contribution in [2.45, 2.75) is 17.9 Å². The van der Waals surface area contributed by atoms with E-state index in [-0.39, 0.29) is 28.4 Å². The number of hydrogen-bond acceptors (Lipinski definition) is 8. The molecule has 2 rings (SSSR count). The SMILES string of the molecule is COc1cc(OC)c(/C=C/S(=O)(=O)Cc2ccc(OC)c(OC(=O)C(F)(F)C(F)(F)F)c2)c(OC)c1. The van der Waals surface area contributed by atoms with Crippen molar-refractivity contribution in [1.82, 2.24) is 0 Å². The fourth-order valence-corrected chi connectivity index (χ4v) is 3.90. The van der Waals surface area contributed by atoms with Gasteiger partial charge in [0.05, 0.1) is 39.8 Å². The van der Waals surface area contributed by atoms with Crippen LogP contribution in [0.3, 0.4) is 0 Å². The lowest BCUT2D eigenvalue weighted by Gasteiger charge is -2.18. The zero-order valence-corrected chi connectivity index (χ0v) is 20.1.